The second kappa shape index (κ2) is 9.87. The predicted octanol–water partition coefficient (Wildman–Crippen LogP) is 5.82. The number of rotatable bonds is 7. The first-order chi connectivity index (χ1) is 16.0. The molecule has 1 N–H and O–H groups in total. The number of benzene rings is 4. The topological polar surface area (TPSA) is 73.9 Å². The Kier molecular flexibility index (Phi) is 6.55. The molecule has 1 unspecified atom stereocenters. The van der Waals surface area contributed by atoms with Gasteiger partial charge in [0.05, 0.1) is 7.11 Å². The van der Waals surface area contributed by atoms with Gasteiger partial charge in [0, 0.05) is 5.69 Å². The van der Waals surface area contributed by atoms with E-state index in [4.69, 9.17) is 14.2 Å². The Hall–Kier alpha value is -4.32. The molecule has 0 spiro atoms. The van der Waals surface area contributed by atoms with E-state index in [1.54, 1.807) is 36.4 Å². The highest BCUT2D eigenvalue weighted by atomic mass is 16.5. The Labute approximate surface area is 191 Å². The molecule has 6 heteroatoms. The van der Waals surface area contributed by atoms with Crippen LogP contribution in [0.15, 0.2) is 91.0 Å². The quantitative estimate of drug-likeness (QED) is 0.366. The molecule has 33 heavy (non-hydrogen) atoms. The number of ether oxygens (including phenoxy) is 3. The first-order valence-corrected chi connectivity index (χ1v) is 10.4. The first kappa shape index (κ1) is 21.9. The van der Waals surface area contributed by atoms with Crippen LogP contribution in [0.25, 0.3) is 10.8 Å². The molecule has 4 aromatic rings. The summed E-state index contributed by atoms with van der Waals surface area (Å²) >= 11 is 0. The van der Waals surface area contributed by atoms with Gasteiger partial charge in [-0.15, -0.1) is 0 Å². The van der Waals surface area contributed by atoms with Crippen molar-refractivity contribution < 1.29 is 23.8 Å². The fourth-order valence-electron chi connectivity index (χ4n) is 3.30. The SMILES string of the molecule is COc1cc2ccccc2cc1C(=O)OC(C)C(=O)Nc1ccc(Oc2ccccc2)cc1. The maximum Gasteiger partial charge on any atom is 0.342 e. The van der Waals surface area contributed by atoms with Gasteiger partial charge in [-0.3, -0.25) is 4.79 Å². The van der Waals surface area contributed by atoms with Crippen molar-refractivity contribution in [2.45, 2.75) is 13.0 Å². The van der Waals surface area contributed by atoms with Crippen LogP contribution in [0.5, 0.6) is 17.2 Å². The van der Waals surface area contributed by atoms with Gasteiger partial charge in [-0.2, -0.15) is 0 Å². The molecule has 166 valence electrons. The second-order valence-electron chi connectivity index (χ2n) is 7.38. The summed E-state index contributed by atoms with van der Waals surface area (Å²) in [4.78, 5) is 25.3. The van der Waals surface area contributed by atoms with Gasteiger partial charge in [-0.05, 0) is 66.2 Å². The molecule has 1 amide bonds. The lowest BCUT2D eigenvalue weighted by atomic mass is 10.1. The van der Waals surface area contributed by atoms with Gasteiger partial charge >= 0.3 is 5.97 Å². The maximum atomic E-state index is 12.8. The molecular formula is C27H23NO5. The van der Waals surface area contributed by atoms with E-state index in [9.17, 15) is 9.59 Å². The predicted molar refractivity (Wildman–Crippen MR) is 127 cm³/mol. The molecule has 0 heterocycles. The van der Waals surface area contributed by atoms with Gasteiger partial charge in [0.2, 0.25) is 0 Å². The van der Waals surface area contributed by atoms with Crippen molar-refractivity contribution in [3.63, 3.8) is 0 Å². The number of nitrogens with one attached hydrogen (secondary N) is 1. The number of fused-ring (bicyclic) bond motifs is 1. The molecule has 0 aliphatic rings. The van der Waals surface area contributed by atoms with Crippen LogP contribution < -0.4 is 14.8 Å². The van der Waals surface area contributed by atoms with E-state index in [0.717, 1.165) is 16.5 Å². The number of esters is 1. The Morgan fingerprint density at radius 2 is 1.39 bits per heavy atom. The summed E-state index contributed by atoms with van der Waals surface area (Å²) in [5, 5.41) is 4.56. The number of amides is 1. The van der Waals surface area contributed by atoms with Gasteiger partial charge in [0.1, 0.15) is 22.8 Å². The van der Waals surface area contributed by atoms with Crippen molar-refractivity contribution in [2.24, 2.45) is 0 Å². The van der Waals surface area contributed by atoms with Gasteiger partial charge in [0.25, 0.3) is 5.91 Å². The van der Waals surface area contributed by atoms with Crippen LogP contribution >= 0.6 is 0 Å². The number of methoxy groups -OCH3 is 1. The van der Waals surface area contributed by atoms with Gasteiger partial charge in [-0.25, -0.2) is 4.79 Å². The van der Waals surface area contributed by atoms with Crippen molar-refractivity contribution in [1.29, 1.82) is 0 Å². The Bertz CT molecular complexity index is 1270. The first-order valence-electron chi connectivity index (χ1n) is 10.4. The smallest absolute Gasteiger partial charge is 0.342 e. The zero-order valence-corrected chi connectivity index (χ0v) is 18.3. The summed E-state index contributed by atoms with van der Waals surface area (Å²) in [5.41, 5.74) is 0.824. The molecule has 0 aromatic heterocycles. The molecule has 0 bridgehead atoms. The number of carbonyl (C=O) groups excluding carboxylic acids is 2. The van der Waals surface area contributed by atoms with Gasteiger partial charge in [0.15, 0.2) is 6.10 Å². The van der Waals surface area contributed by atoms with E-state index in [1.165, 1.54) is 14.0 Å². The normalized spacial score (nSPS) is 11.5. The fraction of sp³-hybridized carbons (Fsp3) is 0.111. The van der Waals surface area contributed by atoms with Crippen LogP contribution in [0.1, 0.15) is 17.3 Å². The summed E-state index contributed by atoms with van der Waals surface area (Å²) in [7, 11) is 1.49. The lowest BCUT2D eigenvalue weighted by molar-refractivity contribution is -0.123. The number of hydrogen-bond donors (Lipinski definition) is 1. The fourth-order valence-corrected chi connectivity index (χ4v) is 3.30. The molecule has 4 aromatic carbocycles. The van der Waals surface area contributed by atoms with Crippen molar-refractivity contribution in [3.05, 3.63) is 96.6 Å². The van der Waals surface area contributed by atoms with E-state index in [2.05, 4.69) is 5.32 Å². The highest BCUT2D eigenvalue weighted by molar-refractivity contribution is 6.01. The summed E-state index contributed by atoms with van der Waals surface area (Å²) in [5.74, 6) is 0.674. The zero-order chi connectivity index (χ0) is 23.2. The third kappa shape index (κ3) is 5.30. The standard InChI is InChI=1S/C27H23NO5/c1-18(32-27(30)24-16-19-8-6-7-9-20(19)17-25(24)31-2)26(29)28-21-12-14-23(15-13-21)33-22-10-4-3-5-11-22/h3-18H,1-2H3,(H,28,29). The van der Waals surface area contributed by atoms with Crippen LogP contribution in [0.2, 0.25) is 0 Å². The van der Waals surface area contributed by atoms with Crippen LogP contribution in [-0.2, 0) is 9.53 Å². The number of carbonyl (C=O) groups is 2. The summed E-state index contributed by atoms with van der Waals surface area (Å²) < 4.78 is 16.5. The molecule has 4 rings (SSSR count). The Morgan fingerprint density at radius 1 is 0.788 bits per heavy atom. The Balaban J connectivity index is 1.39. The van der Waals surface area contributed by atoms with Crippen molar-refractivity contribution >= 4 is 28.3 Å². The maximum absolute atomic E-state index is 12.8. The molecule has 0 aliphatic carbocycles. The minimum Gasteiger partial charge on any atom is -0.496 e. The van der Waals surface area contributed by atoms with Crippen molar-refractivity contribution in [3.8, 4) is 17.2 Å². The summed E-state index contributed by atoms with van der Waals surface area (Å²) in [6, 6.07) is 27.4. The number of para-hydroxylation sites is 1. The monoisotopic (exact) mass is 441 g/mol. The third-order valence-electron chi connectivity index (χ3n) is 5.04. The van der Waals surface area contributed by atoms with E-state index >= 15 is 0 Å². The summed E-state index contributed by atoms with van der Waals surface area (Å²) in [6.07, 6.45) is -1.01. The van der Waals surface area contributed by atoms with E-state index < -0.39 is 18.0 Å². The minimum atomic E-state index is -1.01. The minimum absolute atomic E-state index is 0.262. The third-order valence-corrected chi connectivity index (χ3v) is 5.04. The molecule has 0 radical (unpaired) electrons. The Morgan fingerprint density at radius 3 is 2.06 bits per heavy atom. The molecule has 0 fully saturated rings. The molecule has 0 saturated carbocycles. The molecule has 1 atom stereocenters. The molecule has 0 saturated heterocycles. The number of anilines is 1. The lowest BCUT2D eigenvalue weighted by Crippen LogP contribution is -2.30. The average molecular weight is 441 g/mol. The second-order valence-corrected chi connectivity index (χ2v) is 7.38. The summed E-state index contributed by atoms with van der Waals surface area (Å²) in [6.45, 7) is 1.52. The number of hydrogen-bond acceptors (Lipinski definition) is 5. The van der Waals surface area contributed by atoms with E-state index in [1.807, 2.05) is 54.6 Å². The largest absolute Gasteiger partial charge is 0.496 e. The average Bonchev–Trinajstić information content (AvgIpc) is 2.84. The zero-order valence-electron chi connectivity index (χ0n) is 18.3. The van der Waals surface area contributed by atoms with Gasteiger partial charge < -0.3 is 19.5 Å². The van der Waals surface area contributed by atoms with Gasteiger partial charge in [-0.1, -0.05) is 42.5 Å². The van der Waals surface area contributed by atoms with Crippen LogP contribution in [0, 0.1) is 0 Å². The van der Waals surface area contributed by atoms with Crippen molar-refractivity contribution in [2.75, 3.05) is 12.4 Å². The highest BCUT2D eigenvalue weighted by Gasteiger charge is 2.22. The van der Waals surface area contributed by atoms with E-state index in [0.29, 0.717) is 17.2 Å². The molecule has 0 aliphatic heterocycles. The van der Waals surface area contributed by atoms with Crippen LogP contribution in [-0.4, -0.2) is 25.1 Å². The van der Waals surface area contributed by atoms with Crippen molar-refractivity contribution in [1.82, 2.24) is 0 Å². The lowest BCUT2D eigenvalue weighted by Gasteiger charge is -2.15. The molecular weight excluding hydrogens is 418 g/mol. The highest BCUT2D eigenvalue weighted by Crippen LogP contribution is 2.27. The van der Waals surface area contributed by atoms with E-state index in [-0.39, 0.29) is 5.56 Å². The molecule has 6 nitrogen and oxygen atoms in total. The van der Waals surface area contributed by atoms with Crippen LogP contribution in [0.4, 0.5) is 5.69 Å². The van der Waals surface area contributed by atoms with Crippen LogP contribution in [0.3, 0.4) is 0 Å².